The number of likely N-dealkylation sites (tertiary alicyclic amines) is 1. The van der Waals surface area contributed by atoms with Gasteiger partial charge in [-0.15, -0.1) is 0 Å². The molecule has 3 fully saturated rings. The zero-order valence-electron chi connectivity index (χ0n) is 12.6. The molecular weight excluding hydrogens is 252 g/mol. The zero-order chi connectivity index (χ0) is 14.3. The van der Waals surface area contributed by atoms with Gasteiger partial charge >= 0.3 is 0 Å². The number of carbonyl (C=O) groups is 1. The fraction of sp³-hybridized carbons (Fsp3) is 0.933. The van der Waals surface area contributed by atoms with E-state index in [0.717, 1.165) is 44.8 Å². The molecule has 1 amide bonds. The Bertz CT molecular complexity index is 388. The highest BCUT2D eigenvalue weighted by Crippen LogP contribution is 2.34. The first kappa shape index (κ1) is 14.3. The van der Waals surface area contributed by atoms with Crippen molar-refractivity contribution in [3.63, 3.8) is 0 Å². The van der Waals surface area contributed by atoms with Crippen LogP contribution in [0.1, 0.15) is 44.9 Å². The summed E-state index contributed by atoms with van der Waals surface area (Å²) in [7, 11) is 2.27. The van der Waals surface area contributed by atoms with Crippen molar-refractivity contribution >= 4 is 5.91 Å². The molecule has 4 atom stereocenters. The SMILES string of the molecule is CN1C2CCC1CN(C1CCCC(N)(C(N)=O)C1)CC2. The normalized spacial score (nSPS) is 43.4. The van der Waals surface area contributed by atoms with Crippen LogP contribution in [0.15, 0.2) is 0 Å². The number of primary amides is 1. The van der Waals surface area contributed by atoms with Gasteiger partial charge in [-0.25, -0.2) is 0 Å². The molecular formula is C15H28N4O. The number of hydrogen-bond donors (Lipinski definition) is 2. The van der Waals surface area contributed by atoms with Crippen molar-refractivity contribution in [3.05, 3.63) is 0 Å². The highest BCUT2D eigenvalue weighted by atomic mass is 16.1. The fourth-order valence-electron chi connectivity index (χ4n) is 4.48. The molecule has 0 aromatic carbocycles. The Morgan fingerprint density at radius 2 is 1.90 bits per heavy atom. The van der Waals surface area contributed by atoms with Crippen molar-refractivity contribution in [2.45, 2.75) is 68.6 Å². The lowest BCUT2D eigenvalue weighted by Gasteiger charge is -2.41. The number of carbonyl (C=O) groups excluding carboxylic acids is 1. The summed E-state index contributed by atoms with van der Waals surface area (Å²) in [5.74, 6) is -0.323. The van der Waals surface area contributed by atoms with E-state index in [9.17, 15) is 4.79 Å². The number of likely N-dealkylation sites (N-methyl/N-ethyl adjacent to an activating group) is 1. The van der Waals surface area contributed by atoms with E-state index in [4.69, 9.17) is 11.5 Å². The Morgan fingerprint density at radius 1 is 1.15 bits per heavy atom. The summed E-state index contributed by atoms with van der Waals surface area (Å²) >= 11 is 0. The molecule has 2 heterocycles. The van der Waals surface area contributed by atoms with E-state index in [2.05, 4.69) is 16.8 Å². The minimum Gasteiger partial charge on any atom is -0.368 e. The molecule has 2 bridgehead atoms. The third kappa shape index (κ3) is 2.47. The quantitative estimate of drug-likeness (QED) is 0.762. The maximum atomic E-state index is 11.6. The molecule has 1 saturated carbocycles. The maximum Gasteiger partial charge on any atom is 0.237 e. The first-order valence-corrected chi connectivity index (χ1v) is 8.04. The molecule has 0 radical (unpaired) electrons. The molecule has 0 aromatic heterocycles. The van der Waals surface area contributed by atoms with Crippen LogP contribution in [0.4, 0.5) is 0 Å². The number of nitrogens with two attached hydrogens (primary N) is 2. The zero-order valence-corrected chi connectivity index (χ0v) is 12.6. The van der Waals surface area contributed by atoms with Gasteiger partial charge in [-0.05, 0) is 58.5 Å². The predicted octanol–water partition coefficient (Wildman–Crippen LogP) is 0.280. The Morgan fingerprint density at radius 3 is 2.65 bits per heavy atom. The van der Waals surface area contributed by atoms with Gasteiger partial charge < -0.3 is 11.5 Å². The third-order valence-electron chi connectivity index (χ3n) is 5.95. The van der Waals surface area contributed by atoms with Crippen LogP contribution in [0.5, 0.6) is 0 Å². The third-order valence-corrected chi connectivity index (χ3v) is 5.95. The number of hydrogen-bond acceptors (Lipinski definition) is 4. The highest BCUT2D eigenvalue weighted by molar-refractivity contribution is 5.84. The highest BCUT2D eigenvalue weighted by Gasteiger charge is 2.42. The van der Waals surface area contributed by atoms with Gasteiger partial charge in [0.05, 0.1) is 5.54 Å². The van der Waals surface area contributed by atoms with Crippen LogP contribution >= 0.6 is 0 Å². The van der Waals surface area contributed by atoms with E-state index in [-0.39, 0.29) is 5.91 Å². The van der Waals surface area contributed by atoms with Gasteiger partial charge in [-0.2, -0.15) is 0 Å². The lowest BCUT2D eigenvalue weighted by atomic mass is 9.78. The largest absolute Gasteiger partial charge is 0.368 e. The second-order valence-electron chi connectivity index (χ2n) is 7.10. The molecule has 4 N–H and O–H groups in total. The Labute approximate surface area is 121 Å². The summed E-state index contributed by atoms with van der Waals surface area (Å²) in [5.41, 5.74) is 11.0. The topological polar surface area (TPSA) is 75.6 Å². The summed E-state index contributed by atoms with van der Waals surface area (Å²) in [5, 5.41) is 0. The van der Waals surface area contributed by atoms with Gasteiger partial charge in [-0.3, -0.25) is 14.6 Å². The molecule has 5 heteroatoms. The van der Waals surface area contributed by atoms with E-state index < -0.39 is 5.54 Å². The van der Waals surface area contributed by atoms with Gasteiger partial charge in [0, 0.05) is 24.7 Å². The number of amides is 1. The Kier molecular flexibility index (Phi) is 3.77. The lowest BCUT2D eigenvalue weighted by Crippen LogP contribution is -2.58. The van der Waals surface area contributed by atoms with Gasteiger partial charge in [0.1, 0.15) is 0 Å². The van der Waals surface area contributed by atoms with Crippen LogP contribution in [-0.4, -0.2) is 59.5 Å². The monoisotopic (exact) mass is 280 g/mol. The van der Waals surface area contributed by atoms with Crippen molar-refractivity contribution in [3.8, 4) is 0 Å². The summed E-state index contributed by atoms with van der Waals surface area (Å²) in [6.45, 7) is 2.28. The van der Waals surface area contributed by atoms with Crippen molar-refractivity contribution < 1.29 is 4.79 Å². The summed E-state index contributed by atoms with van der Waals surface area (Å²) in [6, 6.07) is 1.88. The fourth-order valence-corrected chi connectivity index (χ4v) is 4.48. The van der Waals surface area contributed by atoms with Crippen LogP contribution in [0.3, 0.4) is 0 Å². The second kappa shape index (κ2) is 5.28. The van der Waals surface area contributed by atoms with Crippen LogP contribution in [0.2, 0.25) is 0 Å². The van der Waals surface area contributed by atoms with Crippen LogP contribution in [-0.2, 0) is 4.79 Å². The first-order valence-electron chi connectivity index (χ1n) is 8.04. The lowest BCUT2D eigenvalue weighted by molar-refractivity contribution is -0.125. The van der Waals surface area contributed by atoms with Gasteiger partial charge in [0.15, 0.2) is 0 Å². The van der Waals surface area contributed by atoms with Crippen molar-refractivity contribution in [1.82, 2.24) is 9.80 Å². The Hall–Kier alpha value is -0.650. The summed E-state index contributed by atoms with van der Waals surface area (Å²) in [4.78, 5) is 16.8. The maximum absolute atomic E-state index is 11.6. The number of fused-ring (bicyclic) bond motifs is 2. The van der Waals surface area contributed by atoms with E-state index >= 15 is 0 Å². The Balaban J connectivity index is 1.68. The number of rotatable bonds is 2. The molecule has 3 aliphatic rings. The average Bonchev–Trinajstić information content (AvgIpc) is 2.63. The molecule has 20 heavy (non-hydrogen) atoms. The van der Waals surface area contributed by atoms with E-state index in [1.165, 1.54) is 19.3 Å². The smallest absolute Gasteiger partial charge is 0.237 e. The predicted molar refractivity (Wildman–Crippen MR) is 79.1 cm³/mol. The van der Waals surface area contributed by atoms with E-state index in [0.29, 0.717) is 12.1 Å². The number of nitrogens with zero attached hydrogens (tertiary/aromatic N) is 2. The molecule has 2 aliphatic heterocycles. The molecule has 0 aromatic rings. The van der Waals surface area contributed by atoms with Crippen LogP contribution < -0.4 is 11.5 Å². The standard InChI is InChI=1S/C15H28N4O/c1-18-11-4-5-13(18)10-19(8-6-11)12-3-2-7-15(17,9-12)14(16)20/h11-13H,2-10,17H2,1H3,(H2,16,20). The minimum absolute atomic E-state index is 0.323. The second-order valence-corrected chi connectivity index (χ2v) is 7.10. The molecule has 1 aliphatic carbocycles. The summed E-state index contributed by atoms with van der Waals surface area (Å²) in [6.07, 6.45) is 7.58. The molecule has 2 saturated heterocycles. The summed E-state index contributed by atoms with van der Waals surface area (Å²) < 4.78 is 0. The molecule has 3 rings (SSSR count). The van der Waals surface area contributed by atoms with Gasteiger partial charge in [0.25, 0.3) is 0 Å². The molecule has 5 nitrogen and oxygen atoms in total. The molecule has 4 unspecified atom stereocenters. The van der Waals surface area contributed by atoms with Gasteiger partial charge in [0.2, 0.25) is 5.91 Å². The van der Waals surface area contributed by atoms with Crippen LogP contribution in [0.25, 0.3) is 0 Å². The van der Waals surface area contributed by atoms with Crippen LogP contribution in [0, 0.1) is 0 Å². The van der Waals surface area contributed by atoms with Gasteiger partial charge in [-0.1, -0.05) is 0 Å². The van der Waals surface area contributed by atoms with E-state index in [1.807, 2.05) is 0 Å². The molecule has 0 spiro atoms. The van der Waals surface area contributed by atoms with E-state index in [1.54, 1.807) is 0 Å². The van der Waals surface area contributed by atoms with Crippen molar-refractivity contribution in [1.29, 1.82) is 0 Å². The van der Waals surface area contributed by atoms with Crippen molar-refractivity contribution in [2.75, 3.05) is 20.1 Å². The minimum atomic E-state index is -0.778. The molecule has 114 valence electrons. The average molecular weight is 280 g/mol. The first-order chi connectivity index (χ1) is 9.49. The van der Waals surface area contributed by atoms with Crippen molar-refractivity contribution in [2.24, 2.45) is 11.5 Å².